The van der Waals surface area contributed by atoms with E-state index in [1.807, 2.05) is 0 Å². The van der Waals surface area contributed by atoms with Crippen molar-refractivity contribution in [3.05, 3.63) is 66.1 Å². The van der Waals surface area contributed by atoms with Gasteiger partial charge < -0.3 is 0 Å². The van der Waals surface area contributed by atoms with E-state index in [1.165, 1.54) is 24.3 Å². The van der Waals surface area contributed by atoms with Gasteiger partial charge in [0, 0.05) is 5.56 Å². The molecule has 3 unspecified atom stereocenters. The van der Waals surface area contributed by atoms with Crippen molar-refractivity contribution < 1.29 is 26.0 Å². The first-order valence-corrected chi connectivity index (χ1v) is 12.8. The molecule has 10 heteroatoms. The molecule has 0 bridgehead atoms. The lowest BCUT2D eigenvalue weighted by molar-refractivity contribution is -0.187. The van der Waals surface area contributed by atoms with Crippen molar-refractivity contribution in [1.29, 1.82) is 0 Å². The normalized spacial score (nSPS) is 24.6. The van der Waals surface area contributed by atoms with Crippen LogP contribution in [0.15, 0.2) is 59.5 Å². The minimum atomic E-state index is -3.97. The summed E-state index contributed by atoms with van der Waals surface area (Å²) in [5.41, 5.74) is -2.78. The van der Waals surface area contributed by atoms with Gasteiger partial charge in [-0.3, -0.25) is 0 Å². The Balaban J connectivity index is 1.97. The first-order valence-electron chi connectivity index (χ1n) is 11.3. The van der Waals surface area contributed by atoms with Crippen molar-refractivity contribution in [3.63, 3.8) is 0 Å². The number of rotatable bonds is 5. The summed E-state index contributed by atoms with van der Waals surface area (Å²) in [5.74, 6) is -7.55. The Bertz CT molecular complexity index is 1320. The fourth-order valence-electron chi connectivity index (χ4n) is 4.88. The van der Waals surface area contributed by atoms with Crippen LogP contribution in [0.4, 0.5) is 17.6 Å². The van der Waals surface area contributed by atoms with Crippen LogP contribution in [0.2, 0.25) is 0 Å². The highest BCUT2D eigenvalue weighted by atomic mass is 32.2. The second-order valence-electron chi connectivity index (χ2n) is 9.61. The minimum absolute atomic E-state index is 0.0756. The van der Waals surface area contributed by atoms with Crippen LogP contribution in [0.1, 0.15) is 45.2 Å². The van der Waals surface area contributed by atoms with E-state index in [1.54, 1.807) is 44.2 Å². The van der Waals surface area contributed by atoms with E-state index in [-0.39, 0.29) is 35.0 Å². The molecule has 0 aliphatic heterocycles. The monoisotopic (exact) mass is 509 g/mol. The van der Waals surface area contributed by atoms with Crippen LogP contribution < -0.4 is 5.14 Å². The quantitative estimate of drug-likeness (QED) is 0.439. The summed E-state index contributed by atoms with van der Waals surface area (Å²) in [6.45, 7) is 4.37. The molecule has 1 aromatic heterocycles. The maximum Gasteiger partial charge on any atom is 0.289 e. The SMILES string of the molecule is CC(C)C1CCC(C)(F)C(F)(F)C1c1nn(-c2ccc(S(N)(=O)=O)cc2)c(-c2ccccc2)c1F. The minimum Gasteiger partial charge on any atom is -0.238 e. The topological polar surface area (TPSA) is 78.0 Å². The number of primary sulfonamides is 1. The summed E-state index contributed by atoms with van der Waals surface area (Å²) in [6.07, 6.45) is -0.164. The largest absolute Gasteiger partial charge is 0.289 e. The molecule has 0 amide bonds. The first kappa shape index (κ1) is 25.4. The van der Waals surface area contributed by atoms with Crippen LogP contribution in [0.3, 0.4) is 0 Å². The van der Waals surface area contributed by atoms with E-state index in [9.17, 15) is 8.42 Å². The molecular formula is C25H27F4N3O2S. The zero-order valence-electron chi connectivity index (χ0n) is 19.6. The summed E-state index contributed by atoms with van der Waals surface area (Å²) in [4.78, 5) is -0.165. The van der Waals surface area contributed by atoms with Gasteiger partial charge in [-0.1, -0.05) is 44.2 Å². The van der Waals surface area contributed by atoms with E-state index in [0.29, 0.717) is 5.56 Å². The average molecular weight is 510 g/mol. The van der Waals surface area contributed by atoms with Crippen LogP contribution in [-0.4, -0.2) is 29.8 Å². The third kappa shape index (κ3) is 4.38. The zero-order valence-corrected chi connectivity index (χ0v) is 20.4. The van der Waals surface area contributed by atoms with Gasteiger partial charge in [0.1, 0.15) is 11.4 Å². The lowest BCUT2D eigenvalue weighted by Crippen LogP contribution is -2.53. The second-order valence-corrected chi connectivity index (χ2v) is 11.2. The molecule has 1 aliphatic rings. The highest BCUT2D eigenvalue weighted by Crippen LogP contribution is 2.57. The molecule has 3 atom stereocenters. The Morgan fingerprint density at radius 3 is 2.20 bits per heavy atom. The molecule has 2 N–H and O–H groups in total. The summed E-state index contributed by atoms with van der Waals surface area (Å²) < 4.78 is 86.8. The van der Waals surface area contributed by atoms with Gasteiger partial charge in [-0.15, -0.1) is 0 Å². The van der Waals surface area contributed by atoms with E-state index < -0.39 is 45.0 Å². The van der Waals surface area contributed by atoms with E-state index in [0.717, 1.165) is 11.6 Å². The Labute approximate surface area is 202 Å². The number of aromatic nitrogens is 2. The number of sulfonamides is 1. The molecule has 4 rings (SSSR count). The highest BCUT2D eigenvalue weighted by Gasteiger charge is 2.63. The van der Waals surface area contributed by atoms with E-state index >= 15 is 17.6 Å². The van der Waals surface area contributed by atoms with Crippen molar-refractivity contribution in [2.45, 2.75) is 56.0 Å². The van der Waals surface area contributed by atoms with Crippen LogP contribution in [0.25, 0.3) is 16.9 Å². The molecule has 5 nitrogen and oxygen atoms in total. The lowest BCUT2D eigenvalue weighted by Gasteiger charge is -2.45. The standard InChI is InChI=1S/C25H27F4N3O2S/c1-15(2)19-13-14-24(3,27)25(28,29)20(19)22-21(26)23(16-7-5-4-6-8-16)32(31-22)17-9-11-18(12-10-17)35(30,33)34/h4-12,15,19-20H,13-14H2,1-3H3,(H2,30,33,34). The fraction of sp³-hybridized carbons (Fsp3) is 0.400. The summed E-state index contributed by atoms with van der Waals surface area (Å²) in [6, 6.07) is 13.5. The van der Waals surface area contributed by atoms with Crippen molar-refractivity contribution >= 4 is 10.0 Å². The number of benzene rings is 2. The van der Waals surface area contributed by atoms with Gasteiger partial charge in [-0.05, 0) is 55.9 Å². The van der Waals surface area contributed by atoms with E-state index in [4.69, 9.17) is 5.14 Å². The van der Waals surface area contributed by atoms with Gasteiger partial charge in [-0.2, -0.15) is 5.10 Å². The maximum absolute atomic E-state index is 16.1. The molecule has 1 fully saturated rings. The predicted molar refractivity (Wildman–Crippen MR) is 125 cm³/mol. The first-order chi connectivity index (χ1) is 16.3. The fourth-order valence-corrected chi connectivity index (χ4v) is 5.40. The number of hydrogen-bond donors (Lipinski definition) is 1. The Kier molecular flexibility index (Phi) is 6.34. The number of halogens is 4. The molecule has 35 heavy (non-hydrogen) atoms. The molecule has 3 aromatic rings. The second kappa shape index (κ2) is 8.74. The molecule has 0 radical (unpaired) electrons. The van der Waals surface area contributed by atoms with Crippen LogP contribution in [0.5, 0.6) is 0 Å². The number of alkyl halides is 3. The lowest BCUT2D eigenvalue weighted by atomic mass is 9.65. The predicted octanol–water partition coefficient (Wildman–Crippen LogP) is 5.84. The van der Waals surface area contributed by atoms with Crippen LogP contribution in [0, 0.1) is 17.7 Å². The van der Waals surface area contributed by atoms with Crippen molar-refractivity contribution in [3.8, 4) is 16.9 Å². The summed E-state index contributed by atoms with van der Waals surface area (Å²) >= 11 is 0. The molecule has 0 spiro atoms. The van der Waals surface area contributed by atoms with E-state index in [2.05, 4.69) is 5.10 Å². The third-order valence-electron chi connectivity index (χ3n) is 6.92. The molecule has 1 aliphatic carbocycles. The Morgan fingerprint density at radius 2 is 1.66 bits per heavy atom. The van der Waals surface area contributed by atoms with Gasteiger partial charge in [0.15, 0.2) is 11.5 Å². The van der Waals surface area contributed by atoms with Crippen LogP contribution >= 0.6 is 0 Å². The summed E-state index contributed by atoms with van der Waals surface area (Å²) in [5, 5.41) is 9.44. The number of nitrogens with zero attached hydrogens (tertiary/aromatic N) is 2. The summed E-state index contributed by atoms with van der Waals surface area (Å²) in [7, 11) is -3.97. The van der Waals surface area contributed by atoms with Gasteiger partial charge in [-0.25, -0.2) is 35.8 Å². The van der Waals surface area contributed by atoms with Gasteiger partial charge in [0.25, 0.3) is 5.92 Å². The molecule has 2 aromatic carbocycles. The maximum atomic E-state index is 16.1. The van der Waals surface area contributed by atoms with Crippen molar-refractivity contribution in [2.75, 3.05) is 0 Å². The molecule has 0 saturated heterocycles. The number of nitrogens with two attached hydrogens (primary N) is 1. The van der Waals surface area contributed by atoms with Gasteiger partial charge >= 0.3 is 0 Å². The zero-order chi connectivity index (χ0) is 25.8. The Hall–Kier alpha value is -2.72. The van der Waals surface area contributed by atoms with Gasteiger partial charge in [0.05, 0.1) is 16.5 Å². The molecule has 1 saturated carbocycles. The number of hydrogen-bond acceptors (Lipinski definition) is 3. The van der Waals surface area contributed by atoms with Crippen molar-refractivity contribution in [1.82, 2.24) is 9.78 Å². The third-order valence-corrected chi connectivity index (χ3v) is 7.85. The smallest absolute Gasteiger partial charge is 0.238 e. The van der Waals surface area contributed by atoms with Crippen molar-refractivity contribution in [2.24, 2.45) is 17.0 Å². The molecular weight excluding hydrogens is 482 g/mol. The highest BCUT2D eigenvalue weighted by molar-refractivity contribution is 7.89. The molecule has 188 valence electrons. The average Bonchev–Trinajstić information content (AvgIpc) is 3.12. The van der Waals surface area contributed by atoms with Gasteiger partial charge in [0.2, 0.25) is 10.0 Å². The Morgan fingerprint density at radius 1 is 1.06 bits per heavy atom. The van der Waals surface area contributed by atoms with Crippen LogP contribution in [-0.2, 0) is 10.0 Å². The molecule has 1 heterocycles.